The second kappa shape index (κ2) is 3.90. The van der Waals surface area contributed by atoms with Crippen molar-refractivity contribution in [2.75, 3.05) is 0 Å². The van der Waals surface area contributed by atoms with E-state index in [1.807, 2.05) is 20.8 Å². The van der Waals surface area contributed by atoms with E-state index < -0.39 is 32.8 Å². The Kier molecular flexibility index (Phi) is 3.27. The van der Waals surface area contributed by atoms with Crippen molar-refractivity contribution in [1.29, 1.82) is 0 Å². The van der Waals surface area contributed by atoms with Gasteiger partial charge in [-0.25, -0.2) is 0 Å². The number of pyridine rings is 1. The van der Waals surface area contributed by atoms with Crippen LogP contribution >= 0.6 is 0 Å². The zero-order valence-electron chi connectivity index (χ0n) is 8.06. The van der Waals surface area contributed by atoms with Gasteiger partial charge in [0.15, 0.2) is 0 Å². The van der Waals surface area contributed by atoms with Gasteiger partial charge in [0, 0.05) is 0 Å². The second-order valence-corrected chi connectivity index (χ2v) is 13.4. The average molecular weight is 292 g/mol. The Bertz CT molecular complexity index is 287. The van der Waals surface area contributed by atoms with Crippen LogP contribution in [0.5, 0.6) is 0 Å². The molecule has 1 nitrogen and oxygen atoms in total. The van der Waals surface area contributed by atoms with Crippen molar-refractivity contribution in [3.63, 3.8) is 0 Å². The zero-order valence-corrected chi connectivity index (χ0v) is 12.1. The molecule has 0 fully saturated rings. The van der Waals surface area contributed by atoms with E-state index >= 15 is 0 Å². The summed E-state index contributed by atoms with van der Waals surface area (Å²) in [5.41, 5.74) is 0. The number of hydrogen-bond donors (Lipinski definition) is 0. The number of aromatic nitrogens is 1. The molecule has 1 aromatic heterocycles. The average Bonchev–Trinajstić information content (AvgIpc) is 1.95. The van der Waals surface area contributed by atoms with Crippen molar-refractivity contribution < 1.29 is 8.78 Å². The molecule has 72 valence electrons. The van der Waals surface area contributed by atoms with Crippen molar-refractivity contribution in [2.45, 2.75) is 24.2 Å². The maximum atomic E-state index is 13.1. The van der Waals surface area contributed by atoms with E-state index in [1.54, 1.807) is 0 Å². The molecule has 13 heavy (non-hydrogen) atoms. The first-order valence-electron chi connectivity index (χ1n) is 4.18. The summed E-state index contributed by atoms with van der Waals surface area (Å²) in [6.07, 6.45) is 2.20. The van der Waals surface area contributed by atoms with Gasteiger partial charge in [0.05, 0.1) is 0 Å². The molecule has 0 aromatic carbocycles. The van der Waals surface area contributed by atoms with E-state index in [2.05, 4.69) is 4.98 Å². The van der Waals surface area contributed by atoms with Gasteiger partial charge in [0.2, 0.25) is 0 Å². The Hall–Kier alpha value is -0.191. The van der Waals surface area contributed by atoms with Crippen LogP contribution in [0.1, 0.15) is 20.8 Å². The Morgan fingerprint density at radius 1 is 1.15 bits per heavy atom. The van der Waals surface area contributed by atoms with Gasteiger partial charge in [-0.15, -0.1) is 0 Å². The van der Waals surface area contributed by atoms with E-state index in [-0.39, 0.29) is 3.43 Å². The first-order chi connectivity index (χ1) is 5.90. The molecular formula is C9H13F2NSn. The van der Waals surface area contributed by atoms with Gasteiger partial charge in [-0.1, -0.05) is 0 Å². The van der Waals surface area contributed by atoms with E-state index in [1.165, 1.54) is 0 Å². The van der Waals surface area contributed by atoms with E-state index in [0.29, 0.717) is 3.58 Å². The number of halogens is 2. The molecule has 0 radical (unpaired) electrons. The molecule has 1 aromatic rings. The van der Waals surface area contributed by atoms with Gasteiger partial charge < -0.3 is 0 Å². The van der Waals surface area contributed by atoms with Gasteiger partial charge in [0.25, 0.3) is 0 Å². The molecular weight excluding hydrogens is 279 g/mol. The number of hydrogen-bond acceptors (Lipinski definition) is 1. The summed E-state index contributed by atoms with van der Waals surface area (Å²) in [7, 11) is 0. The van der Waals surface area contributed by atoms with Crippen molar-refractivity contribution in [2.24, 2.45) is 0 Å². The molecule has 1 heterocycles. The third kappa shape index (κ3) is 3.21. The third-order valence-electron chi connectivity index (χ3n) is 1.66. The fourth-order valence-corrected chi connectivity index (χ4v) is 5.65. The zero-order chi connectivity index (χ0) is 10.1. The molecule has 0 saturated heterocycles. The van der Waals surface area contributed by atoms with Crippen molar-refractivity contribution in [3.8, 4) is 0 Å². The summed E-state index contributed by atoms with van der Waals surface area (Å²) >= 11 is -1.59. The van der Waals surface area contributed by atoms with Gasteiger partial charge in [-0.3, -0.25) is 0 Å². The van der Waals surface area contributed by atoms with Crippen LogP contribution in [-0.2, 0) is 0 Å². The van der Waals surface area contributed by atoms with E-state index in [9.17, 15) is 8.78 Å². The second-order valence-electron chi connectivity index (χ2n) is 4.32. The molecule has 0 unspecified atom stereocenters. The van der Waals surface area contributed by atoms with Crippen molar-refractivity contribution in [1.82, 2.24) is 4.98 Å². The molecule has 0 saturated carbocycles. The quantitative estimate of drug-likeness (QED) is 0.712. The Labute approximate surface area is 86.8 Å². The summed E-state index contributed by atoms with van der Waals surface area (Å²) in [6, 6.07) is 0. The van der Waals surface area contributed by atoms with Crippen LogP contribution in [-0.4, -0.2) is 26.1 Å². The Morgan fingerprint density at radius 2 is 1.62 bits per heavy atom. The molecule has 4 heteroatoms. The first kappa shape index (κ1) is 10.9. The SMILES string of the molecule is C[C](C)(C)[SnH2][c]1c(F)cncc1F. The molecule has 0 aliphatic rings. The van der Waals surface area contributed by atoms with Crippen LogP contribution in [0, 0.1) is 11.6 Å². The first-order valence-corrected chi connectivity index (χ1v) is 8.22. The summed E-state index contributed by atoms with van der Waals surface area (Å²) in [5.74, 6) is -0.934. The fraction of sp³-hybridized carbons (Fsp3) is 0.444. The normalized spacial score (nSPS) is 12.7. The molecule has 0 spiro atoms. The van der Waals surface area contributed by atoms with Crippen LogP contribution in [0.2, 0.25) is 3.43 Å². The monoisotopic (exact) mass is 293 g/mol. The van der Waals surface area contributed by atoms with E-state index in [4.69, 9.17) is 0 Å². The van der Waals surface area contributed by atoms with E-state index in [0.717, 1.165) is 12.4 Å². The van der Waals surface area contributed by atoms with Gasteiger partial charge in [-0.05, 0) is 0 Å². The molecule has 0 atom stereocenters. The molecule has 1 rings (SSSR count). The molecule has 0 N–H and O–H groups in total. The van der Waals surface area contributed by atoms with Gasteiger partial charge in [0.1, 0.15) is 0 Å². The standard InChI is InChI=1S/C5H2F2N.C4H9.Sn.2H/c6-4-1-5(7)3-8-2-4;1-4(2)3;;;/h2-3H;1-3H3;;;. The van der Waals surface area contributed by atoms with Crippen LogP contribution in [0.4, 0.5) is 8.78 Å². The summed E-state index contributed by atoms with van der Waals surface area (Å²) in [6.45, 7) is 6.09. The summed E-state index contributed by atoms with van der Waals surface area (Å²) in [4.78, 5) is 3.46. The third-order valence-corrected chi connectivity index (χ3v) is 7.62. The number of nitrogens with zero attached hydrogens (tertiary/aromatic N) is 1. The summed E-state index contributed by atoms with van der Waals surface area (Å²) in [5, 5.41) is 0. The number of rotatable bonds is 1. The summed E-state index contributed by atoms with van der Waals surface area (Å²) < 4.78 is 26.7. The molecule has 0 bridgehead atoms. The predicted molar refractivity (Wildman–Crippen MR) is 52.0 cm³/mol. The van der Waals surface area contributed by atoms with Gasteiger partial charge >= 0.3 is 86.7 Å². The minimum absolute atomic E-state index is 0.0880. The Balaban J connectivity index is 3.00. The van der Waals surface area contributed by atoms with Crippen LogP contribution in [0.15, 0.2) is 12.4 Å². The van der Waals surface area contributed by atoms with Crippen LogP contribution < -0.4 is 3.58 Å². The Morgan fingerprint density at radius 3 is 2.00 bits per heavy atom. The van der Waals surface area contributed by atoms with Crippen LogP contribution in [0.25, 0.3) is 0 Å². The van der Waals surface area contributed by atoms with Gasteiger partial charge in [-0.2, -0.15) is 0 Å². The molecule has 0 aliphatic heterocycles. The molecule has 0 amide bonds. The fourth-order valence-electron chi connectivity index (χ4n) is 1.14. The molecule has 0 aliphatic carbocycles. The topological polar surface area (TPSA) is 12.9 Å². The van der Waals surface area contributed by atoms with Crippen molar-refractivity contribution in [3.05, 3.63) is 24.0 Å². The van der Waals surface area contributed by atoms with Crippen molar-refractivity contribution >= 4 is 24.7 Å². The minimum atomic E-state index is -1.59. The predicted octanol–water partition coefficient (Wildman–Crippen LogP) is 1.37. The van der Waals surface area contributed by atoms with Crippen LogP contribution in [0.3, 0.4) is 0 Å². The maximum absolute atomic E-state index is 13.1.